The summed E-state index contributed by atoms with van der Waals surface area (Å²) in [6.45, 7) is 11.3. The lowest BCUT2D eigenvalue weighted by molar-refractivity contribution is -0.0898. The van der Waals surface area contributed by atoms with Crippen molar-refractivity contribution in [3.05, 3.63) is 35.4 Å². The molecule has 1 aromatic carbocycles. The second-order valence-corrected chi connectivity index (χ2v) is 6.82. The van der Waals surface area contributed by atoms with Crippen LogP contribution in [-0.4, -0.2) is 19.8 Å². The van der Waals surface area contributed by atoms with Crippen LogP contribution in [0.4, 0.5) is 0 Å². The highest BCUT2D eigenvalue weighted by atomic mass is 16.5. The summed E-state index contributed by atoms with van der Waals surface area (Å²) in [6.07, 6.45) is 1.11. The van der Waals surface area contributed by atoms with E-state index in [1.807, 2.05) is 0 Å². The van der Waals surface area contributed by atoms with Crippen LogP contribution in [0.25, 0.3) is 0 Å². The molecule has 0 aromatic heterocycles. The second-order valence-electron chi connectivity index (χ2n) is 6.82. The first-order valence-electron chi connectivity index (χ1n) is 7.33. The van der Waals surface area contributed by atoms with Gasteiger partial charge in [-0.3, -0.25) is 0 Å². The quantitative estimate of drug-likeness (QED) is 0.903. The summed E-state index contributed by atoms with van der Waals surface area (Å²) >= 11 is 0. The molecule has 19 heavy (non-hydrogen) atoms. The molecular formula is C17H27NO. The molecule has 1 aromatic rings. The van der Waals surface area contributed by atoms with Gasteiger partial charge in [0.25, 0.3) is 0 Å². The Morgan fingerprint density at radius 1 is 1.21 bits per heavy atom. The third kappa shape index (κ3) is 2.56. The molecule has 2 N–H and O–H groups in total. The molecular weight excluding hydrogens is 234 g/mol. The average molecular weight is 261 g/mol. The Bertz CT molecular complexity index is 408. The van der Waals surface area contributed by atoms with Gasteiger partial charge < -0.3 is 10.5 Å². The Balaban J connectivity index is 2.30. The fraction of sp³-hybridized carbons (Fsp3) is 0.647. The Morgan fingerprint density at radius 2 is 1.79 bits per heavy atom. The Kier molecular flexibility index (Phi) is 4.03. The van der Waals surface area contributed by atoms with Crippen LogP contribution in [0, 0.1) is 5.92 Å². The van der Waals surface area contributed by atoms with Gasteiger partial charge in [0, 0.05) is 5.41 Å². The molecule has 0 bridgehead atoms. The van der Waals surface area contributed by atoms with Gasteiger partial charge in [-0.05, 0) is 29.0 Å². The average Bonchev–Trinajstić information content (AvgIpc) is 2.32. The Labute approximate surface area is 117 Å². The van der Waals surface area contributed by atoms with E-state index in [9.17, 15) is 0 Å². The number of benzene rings is 1. The van der Waals surface area contributed by atoms with E-state index in [0.717, 1.165) is 26.2 Å². The minimum Gasteiger partial charge on any atom is -0.379 e. The molecule has 0 amide bonds. The summed E-state index contributed by atoms with van der Waals surface area (Å²) in [6, 6.07) is 9.08. The molecule has 1 aliphatic rings. The third-order valence-corrected chi connectivity index (χ3v) is 4.60. The number of hydrogen-bond acceptors (Lipinski definition) is 2. The molecule has 2 nitrogen and oxygen atoms in total. The van der Waals surface area contributed by atoms with Crippen molar-refractivity contribution in [3.8, 4) is 0 Å². The van der Waals surface area contributed by atoms with Crippen molar-refractivity contribution < 1.29 is 4.74 Å². The van der Waals surface area contributed by atoms with E-state index in [-0.39, 0.29) is 10.8 Å². The maximum atomic E-state index is 5.96. The van der Waals surface area contributed by atoms with Crippen molar-refractivity contribution in [3.63, 3.8) is 0 Å². The molecule has 2 heteroatoms. The van der Waals surface area contributed by atoms with E-state index in [4.69, 9.17) is 10.5 Å². The summed E-state index contributed by atoms with van der Waals surface area (Å²) in [5.41, 5.74) is 9.10. The van der Waals surface area contributed by atoms with Crippen molar-refractivity contribution in [2.45, 2.75) is 44.9 Å². The van der Waals surface area contributed by atoms with Crippen molar-refractivity contribution in [2.24, 2.45) is 11.7 Å². The minimum atomic E-state index is 0.153. The molecule has 2 rings (SSSR count). The minimum absolute atomic E-state index is 0.153. The Morgan fingerprint density at radius 3 is 2.11 bits per heavy atom. The van der Waals surface area contributed by atoms with Crippen LogP contribution in [0.2, 0.25) is 0 Å². The molecule has 0 radical (unpaired) electrons. The lowest BCUT2D eigenvalue weighted by atomic mass is 9.67. The van der Waals surface area contributed by atoms with Crippen LogP contribution in [0.3, 0.4) is 0 Å². The molecule has 1 fully saturated rings. The number of hydrogen-bond donors (Lipinski definition) is 1. The van der Waals surface area contributed by atoms with E-state index >= 15 is 0 Å². The molecule has 1 heterocycles. The fourth-order valence-electron chi connectivity index (χ4n) is 3.05. The maximum absolute atomic E-state index is 5.96. The largest absolute Gasteiger partial charge is 0.379 e. The number of nitrogens with two attached hydrogens (primary N) is 1. The fourth-order valence-corrected chi connectivity index (χ4v) is 3.05. The topological polar surface area (TPSA) is 35.2 Å². The lowest BCUT2D eigenvalue weighted by Gasteiger charge is -2.47. The highest BCUT2D eigenvalue weighted by molar-refractivity contribution is 5.34. The second kappa shape index (κ2) is 5.26. The first kappa shape index (κ1) is 14.5. The van der Waals surface area contributed by atoms with Crippen molar-refractivity contribution in [1.82, 2.24) is 0 Å². The maximum Gasteiger partial charge on any atom is 0.0588 e. The normalized spacial score (nSPS) is 19.8. The molecule has 1 unspecified atom stereocenters. The predicted octanol–water partition coefficient (Wildman–Crippen LogP) is 3.24. The molecule has 0 aliphatic carbocycles. The zero-order chi connectivity index (χ0) is 14.1. The van der Waals surface area contributed by atoms with Gasteiger partial charge in [0.15, 0.2) is 0 Å². The smallest absolute Gasteiger partial charge is 0.0588 e. The van der Waals surface area contributed by atoms with Crippen LogP contribution in [-0.2, 0) is 15.6 Å². The van der Waals surface area contributed by atoms with Gasteiger partial charge in [-0.1, -0.05) is 58.4 Å². The van der Waals surface area contributed by atoms with E-state index in [2.05, 4.69) is 52.0 Å². The molecule has 106 valence electrons. The van der Waals surface area contributed by atoms with Gasteiger partial charge in [-0.25, -0.2) is 0 Å². The summed E-state index contributed by atoms with van der Waals surface area (Å²) in [7, 11) is 0. The van der Waals surface area contributed by atoms with E-state index in [1.165, 1.54) is 11.1 Å². The van der Waals surface area contributed by atoms with Gasteiger partial charge in [0.05, 0.1) is 13.2 Å². The number of rotatable bonds is 4. The monoisotopic (exact) mass is 261 g/mol. The van der Waals surface area contributed by atoms with Crippen LogP contribution in [0.15, 0.2) is 24.3 Å². The first-order chi connectivity index (χ1) is 8.94. The molecule has 1 atom stereocenters. The van der Waals surface area contributed by atoms with Crippen LogP contribution >= 0.6 is 0 Å². The van der Waals surface area contributed by atoms with Gasteiger partial charge in [0.1, 0.15) is 0 Å². The molecule has 1 saturated heterocycles. The molecule has 0 spiro atoms. The highest BCUT2D eigenvalue weighted by Crippen LogP contribution is 2.41. The van der Waals surface area contributed by atoms with Crippen LogP contribution in [0.5, 0.6) is 0 Å². The SMILES string of the molecule is CCC(CN)C1(c2ccc(C(C)(C)C)cc2)COC1. The van der Waals surface area contributed by atoms with Crippen LogP contribution in [0.1, 0.15) is 45.2 Å². The molecule has 1 aliphatic heterocycles. The summed E-state index contributed by atoms with van der Waals surface area (Å²) in [4.78, 5) is 0. The van der Waals surface area contributed by atoms with Gasteiger partial charge >= 0.3 is 0 Å². The van der Waals surface area contributed by atoms with Gasteiger partial charge in [-0.15, -0.1) is 0 Å². The summed E-state index contributed by atoms with van der Waals surface area (Å²) in [5.74, 6) is 0.515. The van der Waals surface area contributed by atoms with Crippen molar-refractivity contribution >= 4 is 0 Å². The highest BCUT2D eigenvalue weighted by Gasteiger charge is 2.45. The number of ether oxygens (including phenoxy) is 1. The van der Waals surface area contributed by atoms with Crippen LogP contribution < -0.4 is 5.73 Å². The zero-order valence-corrected chi connectivity index (χ0v) is 12.7. The Hall–Kier alpha value is -0.860. The van der Waals surface area contributed by atoms with Gasteiger partial charge in [-0.2, -0.15) is 0 Å². The van der Waals surface area contributed by atoms with E-state index in [1.54, 1.807) is 0 Å². The van der Waals surface area contributed by atoms with E-state index in [0.29, 0.717) is 5.92 Å². The predicted molar refractivity (Wildman–Crippen MR) is 80.5 cm³/mol. The zero-order valence-electron chi connectivity index (χ0n) is 12.7. The van der Waals surface area contributed by atoms with E-state index < -0.39 is 0 Å². The van der Waals surface area contributed by atoms with Crippen molar-refractivity contribution in [2.75, 3.05) is 19.8 Å². The third-order valence-electron chi connectivity index (χ3n) is 4.60. The molecule has 0 saturated carbocycles. The van der Waals surface area contributed by atoms with Gasteiger partial charge in [0.2, 0.25) is 0 Å². The first-order valence-corrected chi connectivity index (χ1v) is 7.33. The summed E-state index contributed by atoms with van der Waals surface area (Å²) in [5, 5.41) is 0. The standard InChI is InChI=1S/C17H27NO/c1-5-13(10-18)17(11-19-12-17)15-8-6-14(7-9-15)16(2,3)4/h6-9,13H,5,10-12,18H2,1-4H3. The van der Waals surface area contributed by atoms with Crippen molar-refractivity contribution in [1.29, 1.82) is 0 Å². The summed E-state index contributed by atoms with van der Waals surface area (Å²) < 4.78 is 5.52. The lowest BCUT2D eigenvalue weighted by Crippen LogP contribution is -2.54.